The van der Waals surface area contributed by atoms with E-state index in [0.717, 1.165) is 0 Å². The summed E-state index contributed by atoms with van der Waals surface area (Å²) in [4.78, 5) is 15.9. The Kier molecular flexibility index (Phi) is 6.16. The van der Waals surface area contributed by atoms with Gasteiger partial charge in [0.25, 0.3) is 5.56 Å². The first-order valence-corrected chi connectivity index (χ1v) is 13.4. The van der Waals surface area contributed by atoms with Gasteiger partial charge in [-0.05, 0) is 42.0 Å². The molecule has 1 N–H and O–H groups in total. The molecule has 0 amide bonds. The van der Waals surface area contributed by atoms with Gasteiger partial charge in [0.1, 0.15) is 32.2 Å². The number of aromatic nitrogens is 1. The Morgan fingerprint density at radius 3 is 2.11 bits per heavy atom. The van der Waals surface area contributed by atoms with E-state index in [1.807, 2.05) is 0 Å². The zero-order valence-corrected chi connectivity index (χ0v) is 20.9. The first-order chi connectivity index (χ1) is 18.4. The Hall–Kier alpha value is -4.09. The molecule has 2 aliphatic heterocycles. The number of fused-ring (bicyclic) bond motifs is 3. The SMILES string of the molecule is O=c1[nH]c2cc3c(cc2cc1CN(Cc1ccc(F)cc1)S(=O)(=O)c1ccc2c(c1)OCCO2)OCCO3. The molecule has 0 fully saturated rings. The summed E-state index contributed by atoms with van der Waals surface area (Å²) in [5, 5.41) is 0.669. The van der Waals surface area contributed by atoms with Crippen molar-refractivity contribution in [2.75, 3.05) is 26.4 Å². The molecule has 2 aliphatic rings. The van der Waals surface area contributed by atoms with E-state index in [1.165, 1.54) is 40.7 Å². The predicted molar refractivity (Wildman–Crippen MR) is 136 cm³/mol. The lowest BCUT2D eigenvalue weighted by atomic mass is 10.1. The molecule has 9 nitrogen and oxygen atoms in total. The molecule has 0 atom stereocenters. The standard InChI is InChI=1S/C27H23FN2O7S/c28-20-3-1-17(2-4-20)15-30(38(32,33)21-5-6-23-25(13-21)36-8-7-34-23)16-19-11-18-12-24-26(37-10-9-35-24)14-22(18)29-27(19)31/h1-6,11-14H,7-10,15-16H2,(H,29,31). The molecule has 0 unspecified atom stereocenters. The summed E-state index contributed by atoms with van der Waals surface area (Å²) >= 11 is 0. The molecule has 3 heterocycles. The Balaban J connectivity index is 1.40. The van der Waals surface area contributed by atoms with Crippen molar-refractivity contribution in [3.63, 3.8) is 0 Å². The number of H-pyrrole nitrogens is 1. The van der Waals surface area contributed by atoms with Gasteiger partial charge in [-0.15, -0.1) is 0 Å². The molecule has 0 spiro atoms. The molecular formula is C27H23FN2O7S. The number of sulfonamides is 1. The zero-order valence-electron chi connectivity index (χ0n) is 20.1. The Bertz CT molecular complexity index is 1690. The van der Waals surface area contributed by atoms with Gasteiger partial charge in [0.05, 0.1) is 10.4 Å². The number of hydrogen-bond acceptors (Lipinski definition) is 7. The van der Waals surface area contributed by atoms with E-state index in [4.69, 9.17) is 18.9 Å². The number of rotatable bonds is 6. The van der Waals surface area contributed by atoms with Crippen molar-refractivity contribution in [3.8, 4) is 23.0 Å². The van der Waals surface area contributed by atoms with Crippen molar-refractivity contribution >= 4 is 20.9 Å². The summed E-state index contributed by atoms with van der Waals surface area (Å²) in [7, 11) is -4.12. The average molecular weight is 539 g/mol. The van der Waals surface area contributed by atoms with E-state index in [9.17, 15) is 17.6 Å². The van der Waals surface area contributed by atoms with E-state index in [1.54, 1.807) is 24.3 Å². The van der Waals surface area contributed by atoms with Gasteiger partial charge in [0.2, 0.25) is 10.0 Å². The third kappa shape index (κ3) is 4.66. The summed E-state index contributed by atoms with van der Waals surface area (Å²) in [5.41, 5.74) is 0.903. The number of pyridine rings is 1. The van der Waals surface area contributed by atoms with Gasteiger partial charge in [0.15, 0.2) is 23.0 Å². The summed E-state index contributed by atoms with van der Waals surface area (Å²) in [5.74, 6) is 1.44. The van der Waals surface area contributed by atoms with E-state index in [-0.39, 0.29) is 23.5 Å². The van der Waals surface area contributed by atoms with Gasteiger partial charge in [-0.25, -0.2) is 12.8 Å². The molecule has 3 aromatic carbocycles. The van der Waals surface area contributed by atoms with Gasteiger partial charge in [0, 0.05) is 36.2 Å². The third-order valence-electron chi connectivity index (χ3n) is 6.35. The quantitative estimate of drug-likeness (QED) is 0.400. The molecular weight excluding hydrogens is 515 g/mol. The van der Waals surface area contributed by atoms with E-state index >= 15 is 0 Å². The first kappa shape index (κ1) is 24.3. The minimum atomic E-state index is -4.12. The Morgan fingerprint density at radius 2 is 1.39 bits per heavy atom. The Labute approximate surface area is 217 Å². The topological polar surface area (TPSA) is 107 Å². The van der Waals surface area contributed by atoms with Crippen LogP contribution in [0.1, 0.15) is 11.1 Å². The molecule has 196 valence electrons. The number of benzene rings is 3. The third-order valence-corrected chi connectivity index (χ3v) is 8.14. The van der Waals surface area contributed by atoms with Crippen molar-refractivity contribution in [3.05, 3.63) is 88.0 Å². The van der Waals surface area contributed by atoms with Crippen molar-refractivity contribution in [2.24, 2.45) is 0 Å². The molecule has 1 aromatic heterocycles. The van der Waals surface area contributed by atoms with Crippen LogP contribution in [0.4, 0.5) is 4.39 Å². The Morgan fingerprint density at radius 1 is 0.763 bits per heavy atom. The number of nitrogens with zero attached hydrogens (tertiary/aromatic N) is 1. The van der Waals surface area contributed by atoms with Crippen LogP contribution < -0.4 is 24.5 Å². The second-order valence-electron chi connectivity index (χ2n) is 8.91. The lowest BCUT2D eigenvalue weighted by molar-refractivity contribution is 0.171. The molecule has 0 radical (unpaired) electrons. The van der Waals surface area contributed by atoms with Crippen LogP contribution in [0.2, 0.25) is 0 Å². The van der Waals surface area contributed by atoms with Crippen LogP contribution in [0.3, 0.4) is 0 Å². The van der Waals surface area contributed by atoms with Crippen LogP contribution >= 0.6 is 0 Å². The van der Waals surface area contributed by atoms with Crippen molar-refractivity contribution in [2.45, 2.75) is 18.0 Å². The molecule has 4 aromatic rings. The highest BCUT2D eigenvalue weighted by molar-refractivity contribution is 7.89. The fraction of sp³-hybridized carbons (Fsp3) is 0.222. The van der Waals surface area contributed by atoms with Crippen molar-refractivity contribution in [1.82, 2.24) is 9.29 Å². The monoisotopic (exact) mass is 538 g/mol. The summed E-state index contributed by atoms with van der Waals surface area (Å²) in [6, 6.07) is 15.0. The van der Waals surface area contributed by atoms with Crippen LogP contribution in [0.5, 0.6) is 23.0 Å². The zero-order chi connectivity index (χ0) is 26.3. The average Bonchev–Trinajstić information content (AvgIpc) is 2.93. The van der Waals surface area contributed by atoms with Gasteiger partial charge in [-0.1, -0.05) is 12.1 Å². The van der Waals surface area contributed by atoms with Crippen molar-refractivity contribution in [1.29, 1.82) is 0 Å². The van der Waals surface area contributed by atoms with Gasteiger partial charge < -0.3 is 23.9 Å². The fourth-order valence-corrected chi connectivity index (χ4v) is 5.87. The maximum atomic E-state index is 13.9. The number of hydrogen-bond donors (Lipinski definition) is 1. The minimum absolute atomic E-state index is 0.0132. The van der Waals surface area contributed by atoms with E-state index < -0.39 is 21.4 Å². The normalized spacial score (nSPS) is 14.6. The summed E-state index contributed by atoms with van der Waals surface area (Å²) in [6.45, 7) is 1.19. The van der Waals surface area contributed by atoms with E-state index in [2.05, 4.69) is 4.98 Å². The fourth-order valence-electron chi connectivity index (χ4n) is 4.45. The lowest BCUT2D eigenvalue weighted by Gasteiger charge is -2.24. The maximum absolute atomic E-state index is 13.9. The molecule has 11 heteroatoms. The van der Waals surface area contributed by atoms with Crippen LogP contribution in [0.15, 0.2) is 70.4 Å². The van der Waals surface area contributed by atoms with Crippen LogP contribution in [0, 0.1) is 5.82 Å². The molecule has 0 aliphatic carbocycles. The number of ether oxygens (including phenoxy) is 4. The first-order valence-electron chi connectivity index (χ1n) is 12.0. The highest BCUT2D eigenvalue weighted by atomic mass is 32.2. The highest BCUT2D eigenvalue weighted by Crippen LogP contribution is 2.35. The maximum Gasteiger partial charge on any atom is 0.252 e. The number of halogens is 1. The minimum Gasteiger partial charge on any atom is -0.486 e. The molecule has 0 bridgehead atoms. The summed E-state index contributed by atoms with van der Waals surface area (Å²) < 4.78 is 64.8. The van der Waals surface area contributed by atoms with Crippen LogP contribution in [0.25, 0.3) is 10.9 Å². The largest absolute Gasteiger partial charge is 0.486 e. The molecule has 0 saturated heterocycles. The smallest absolute Gasteiger partial charge is 0.252 e. The number of aromatic amines is 1. The lowest BCUT2D eigenvalue weighted by Crippen LogP contribution is -2.32. The number of nitrogens with one attached hydrogen (secondary N) is 1. The molecule has 0 saturated carbocycles. The van der Waals surface area contributed by atoms with Crippen LogP contribution in [-0.4, -0.2) is 44.1 Å². The summed E-state index contributed by atoms with van der Waals surface area (Å²) in [6.07, 6.45) is 0. The second kappa shape index (κ2) is 9.66. The van der Waals surface area contributed by atoms with Gasteiger partial charge in [-0.3, -0.25) is 4.79 Å². The molecule has 38 heavy (non-hydrogen) atoms. The van der Waals surface area contributed by atoms with Gasteiger partial charge >= 0.3 is 0 Å². The highest BCUT2D eigenvalue weighted by Gasteiger charge is 2.28. The molecule has 6 rings (SSSR count). The second-order valence-corrected chi connectivity index (χ2v) is 10.8. The van der Waals surface area contributed by atoms with Crippen molar-refractivity contribution < 1.29 is 31.8 Å². The van der Waals surface area contributed by atoms with Crippen LogP contribution in [-0.2, 0) is 23.1 Å². The predicted octanol–water partition coefficient (Wildman–Crippen LogP) is 3.60. The van der Waals surface area contributed by atoms with E-state index in [0.29, 0.717) is 65.9 Å². The van der Waals surface area contributed by atoms with Gasteiger partial charge in [-0.2, -0.15) is 4.31 Å².